The summed E-state index contributed by atoms with van der Waals surface area (Å²) in [7, 11) is 0. The molecule has 1 heterocycles. The van der Waals surface area contributed by atoms with Gasteiger partial charge in [0.25, 0.3) is 0 Å². The fraction of sp³-hybridized carbons (Fsp3) is 0.296. The van der Waals surface area contributed by atoms with Gasteiger partial charge in [0, 0.05) is 38.4 Å². The molecule has 0 aromatic heterocycles. The number of carbonyl (C=O) groups is 1. The lowest BCUT2D eigenvalue weighted by Crippen LogP contribution is -2.47. The smallest absolute Gasteiger partial charge is 0.315 e. The Kier molecular flexibility index (Phi) is 7.77. The number of benzene rings is 3. The molecule has 166 valence electrons. The van der Waals surface area contributed by atoms with E-state index in [9.17, 15) is 4.79 Å². The van der Waals surface area contributed by atoms with Gasteiger partial charge in [-0.05, 0) is 36.2 Å². The van der Waals surface area contributed by atoms with Crippen LogP contribution in [-0.4, -0.2) is 50.2 Å². The highest BCUT2D eigenvalue weighted by Crippen LogP contribution is 2.21. The van der Waals surface area contributed by atoms with Gasteiger partial charge in [0.05, 0.1) is 6.04 Å². The van der Waals surface area contributed by atoms with E-state index < -0.39 is 0 Å². The van der Waals surface area contributed by atoms with Crippen LogP contribution in [0.5, 0.6) is 0 Å². The summed E-state index contributed by atoms with van der Waals surface area (Å²) >= 11 is 0. The summed E-state index contributed by atoms with van der Waals surface area (Å²) in [6.45, 7) is 5.89. The summed E-state index contributed by atoms with van der Waals surface area (Å²) in [5.74, 6) is 0. The molecule has 0 spiro atoms. The van der Waals surface area contributed by atoms with Crippen LogP contribution in [0.15, 0.2) is 91.0 Å². The van der Waals surface area contributed by atoms with Crippen LogP contribution >= 0.6 is 0 Å². The Morgan fingerprint density at radius 1 is 0.750 bits per heavy atom. The molecule has 0 bridgehead atoms. The minimum Gasteiger partial charge on any atom is -0.369 e. The summed E-state index contributed by atoms with van der Waals surface area (Å²) in [5, 5.41) is 6.18. The average Bonchev–Trinajstić information content (AvgIpc) is 2.87. The van der Waals surface area contributed by atoms with Crippen LogP contribution in [-0.2, 0) is 0 Å². The van der Waals surface area contributed by atoms with Crippen molar-refractivity contribution >= 4 is 11.7 Å². The molecule has 4 rings (SSSR count). The Morgan fingerprint density at radius 3 is 1.84 bits per heavy atom. The molecule has 32 heavy (non-hydrogen) atoms. The average molecular weight is 429 g/mol. The number of hydrogen-bond donors (Lipinski definition) is 2. The van der Waals surface area contributed by atoms with Gasteiger partial charge in [-0.1, -0.05) is 78.9 Å². The minimum atomic E-state index is -0.163. The zero-order chi connectivity index (χ0) is 22.0. The maximum absolute atomic E-state index is 12.6. The van der Waals surface area contributed by atoms with Gasteiger partial charge < -0.3 is 15.5 Å². The highest BCUT2D eigenvalue weighted by molar-refractivity contribution is 5.75. The molecule has 5 heteroatoms. The van der Waals surface area contributed by atoms with Gasteiger partial charge in [0.1, 0.15) is 0 Å². The summed E-state index contributed by atoms with van der Waals surface area (Å²) in [4.78, 5) is 17.5. The van der Waals surface area contributed by atoms with E-state index in [0.29, 0.717) is 6.54 Å². The van der Waals surface area contributed by atoms with Gasteiger partial charge in [0.2, 0.25) is 0 Å². The number of urea groups is 1. The number of nitrogens with zero attached hydrogens (tertiary/aromatic N) is 2. The van der Waals surface area contributed by atoms with Crippen molar-refractivity contribution in [2.45, 2.75) is 12.5 Å². The van der Waals surface area contributed by atoms with Crippen LogP contribution in [0.25, 0.3) is 0 Å². The Hall–Kier alpha value is -3.31. The Morgan fingerprint density at radius 2 is 1.28 bits per heavy atom. The Bertz CT molecular complexity index is 902. The molecule has 5 nitrogen and oxygen atoms in total. The number of anilines is 1. The van der Waals surface area contributed by atoms with E-state index >= 15 is 0 Å². The number of rotatable bonds is 8. The first kappa shape index (κ1) is 21.9. The van der Waals surface area contributed by atoms with Gasteiger partial charge in [-0.3, -0.25) is 4.90 Å². The van der Waals surface area contributed by atoms with Crippen molar-refractivity contribution in [2.75, 3.05) is 44.2 Å². The third kappa shape index (κ3) is 6.11. The second-order valence-corrected chi connectivity index (χ2v) is 8.17. The van der Waals surface area contributed by atoms with Crippen LogP contribution < -0.4 is 15.5 Å². The maximum Gasteiger partial charge on any atom is 0.315 e. The van der Waals surface area contributed by atoms with Crippen molar-refractivity contribution in [1.29, 1.82) is 0 Å². The summed E-state index contributed by atoms with van der Waals surface area (Å²) < 4.78 is 0. The summed E-state index contributed by atoms with van der Waals surface area (Å²) in [6, 6.07) is 30.5. The molecular weight excluding hydrogens is 396 g/mol. The highest BCUT2D eigenvalue weighted by atomic mass is 16.2. The molecular formula is C27H32N4O. The first-order valence-corrected chi connectivity index (χ1v) is 11.5. The fourth-order valence-corrected chi connectivity index (χ4v) is 4.21. The lowest BCUT2D eigenvalue weighted by molar-refractivity contribution is 0.234. The van der Waals surface area contributed by atoms with Gasteiger partial charge in [0.15, 0.2) is 0 Å². The number of para-hydroxylation sites is 1. The van der Waals surface area contributed by atoms with Crippen LogP contribution in [0.3, 0.4) is 0 Å². The molecule has 0 unspecified atom stereocenters. The van der Waals surface area contributed by atoms with Crippen LogP contribution in [0, 0.1) is 0 Å². The van der Waals surface area contributed by atoms with E-state index in [0.717, 1.165) is 50.3 Å². The molecule has 0 atom stereocenters. The molecule has 1 fully saturated rings. The van der Waals surface area contributed by atoms with Crippen molar-refractivity contribution in [2.24, 2.45) is 0 Å². The number of amides is 2. The largest absolute Gasteiger partial charge is 0.369 e. The summed E-state index contributed by atoms with van der Waals surface area (Å²) in [6.07, 6.45) is 0.945. The topological polar surface area (TPSA) is 47.6 Å². The fourth-order valence-electron chi connectivity index (χ4n) is 4.21. The van der Waals surface area contributed by atoms with Crippen molar-refractivity contribution in [1.82, 2.24) is 15.5 Å². The lowest BCUT2D eigenvalue weighted by atomic mass is 9.99. The van der Waals surface area contributed by atoms with Crippen molar-refractivity contribution < 1.29 is 4.79 Å². The van der Waals surface area contributed by atoms with Crippen molar-refractivity contribution in [3.63, 3.8) is 0 Å². The quantitative estimate of drug-likeness (QED) is 0.526. The van der Waals surface area contributed by atoms with E-state index in [2.05, 4.69) is 50.8 Å². The standard InChI is InChI=1S/C27H32N4O/c32-27(29-26(23-11-4-1-5-12-23)24-13-6-2-7-14-24)28-17-10-18-30-19-21-31(22-20-30)25-15-8-3-9-16-25/h1-9,11-16,26H,10,17-22H2,(H2,28,29,32). The second-order valence-electron chi connectivity index (χ2n) is 8.17. The molecule has 1 saturated heterocycles. The first-order chi connectivity index (χ1) is 15.8. The third-order valence-corrected chi connectivity index (χ3v) is 5.97. The molecule has 3 aromatic carbocycles. The Labute approximate surface area is 191 Å². The van der Waals surface area contributed by atoms with Gasteiger partial charge >= 0.3 is 6.03 Å². The monoisotopic (exact) mass is 428 g/mol. The van der Waals surface area contributed by atoms with Gasteiger partial charge in [-0.15, -0.1) is 0 Å². The van der Waals surface area contributed by atoms with Crippen molar-refractivity contribution in [3.05, 3.63) is 102 Å². The number of hydrogen-bond acceptors (Lipinski definition) is 3. The minimum absolute atomic E-state index is 0.128. The second kappa shape index (κ2) is 11.3. The number of carbonyl (C=O) groups excluding carboxylic acids is 1. The number of piperazine rings is 1. The zero-order valence-corrected chi connectivity index (χ0v) is 18.5. The van der Waals surface area contributed by atoms with E-state index in [1.165, 1.54) is 5.69 Å². The molecule has 3 aromatic rings. The molecule has 0 radical (unpaired) electrons. The van der Waals surface area contributed by atoms with E-state index in [-0.39, 0.29) is 12.1 Å². The van der Waals surface area contributed by atoms with E-state index in [4.69, 9.17) is 0 Å². The van der Waals surface area contributed by atoms with Crippen LogP contribution in [0.4, 0.5) is 10.5 Å². The SMILES string of the molecule is O=C(NCCCN1CCN(c2ccccc2)CC1)NC(c1ccccc1)c1ccccc1. The summed E-state index contributed by atoms with van der Waals surface area (Å²) in [5.41, 5.74) is 3.45. The maximum atomic E-state index is 12.6. The van der Waals surface area contributed by atoms with Crippen molar-refractivity contribution in [3.8, 4) is 0 Å². The van der Waals surface area contributed by atoms with E-state index in [1.807, 2.05) is 60.7 Å². The number of nitrogens with one attached hydrogen (secondary N) is 2. The predicted octanol–water partition coefficient (Wildman–Crippen LogP) is 4.29. The normalized spacial score (nSPS) is 14.3. The Balaban J connectivity index is 1.20. The molecule has 2 N–H and O–H groups in total. The lowest BCUT2D eigenvalue weighted by Gasteiger charge is -2.36. The molecule has 0 aliphatic carbocycles. The molecule has 1 aliphatic heterocycles. The van der Waals surface area contributed by atoms with Crippen LogP contribution in [0.1, 0.15) is 23.6 Å². The third-order valence-electron chi connectivity index (χ3n) is 5.97. The highest BCUT2D eigenvalue weighted by Gasteiger charge is 2.18. The van der Waals surface area contributed by atoms with E-state index in [1.54, 1.807) is 0 Å². The molecule has 1 aliphatic rings. The molecule has 0 saturated carbocycles. The van der Waals surface area contributed by atoms with Gasteiger partial charge in [-0.25, -0.2) is 4.79 Å². The molecule has 2 amide bonds. The zero-order valence-electron chi connectivity index (χ0n) is 18.5. The predicted molar refractivity (Wildman–Crippen MR) is 131 cm³/mol. The first-order valence-electron chi connectivity index (χ1n) is 11.5. The van der Waals surface area contributed by atoms with Crippen LogP contribution in [0.2, 0.25) is 0 Å². The van der Waals surface area contributed by atoms with Gasteiger partial charge in [-0.2, -0.15) is 0 Å².